The van der Waals surface area contributed by atoms with Crippen molar-refractivity contribution in [1.29, 1.82) is 0 Å². The second kappa shape index (κ2) is 8.47. The molecule has 4 rings (SSSR count). The number of fused-ring (bicyclic) bond motifs is 1. The Bertz CT molecular complexity index is 1270. The molecule has 9 nitrogen and oxygen atoms in total. The Morgan fingerprint density at radius 1 is 1.13 bits per heavy atom. The highest BCUT2D eigenvalue weighted by Gasteiger charge is 2.14. The lowest BCUT2D eigenvalue weighted by Gasteiger charge is -2.13. The van der Waals surface area contributed by atoms with Gasteiger partial charge >= 0.3 is 5.69 Å². The van der Waals surface area contributed by atoms with E-state index in [1.165, 1.54) is 0 Å². The van der Waals surface area contributed by atoms with Crippen LogP contribution in [0.5, 0.6) is 0 Å². The van der Waals surface area contributed by atoms with Crippen LogP contribution >= 0.6 is 0 Å². The molecule has 0 spiro atoms. The first kappa shape index (κ1) is 20.4. The van der Waals surface area contributed by atoms with Gasteiger partial charge in [-0.3, -0.25) is 23.6 Å². The van der Waals surface area contributed by atoms with Crippen molar-refractivity contribution in [3.8, 4) is 0 Å². The Labute approximate surface area is 179 Å². The molecular weight excluding hydrogens is 394 g/mol. The Morgan fingerprint density at radius 2 is 1.94 bits per heavy atom. The molecule has 0 aliphatic rings. The van der Waals surface area contributed by atoms with E-state index in [2.05, 4.69) is 27.6 Å². The summed E-state index contributed by atoms with van der Waals surface area (Å²) in [6.07, 6.45) is 6.05. The highest BCUT2D eigenvalue weighted by Crippen LogP contribution is 2.23. The fraction of sp³-hybridized carbons (Fsp3) is 0.273. The van der Waals surface area contributed by atoms with Crippen molar-refractivity contribution in [2.75, 3.05) is 12.4 Å². The number of aromatic nitrogens is 5. The lowest BCUT2D eigenvalue weighted by atomic mass is 10.2. The van der Waals surface area contributed by atoms with Gasteiger partial charge in [-0.15, -0.1) is 0 Å². The number of aryl methyl sites for hydroxylation is 2. The average molecular weight is 419 g/mol. The maximum absolute atomic E-state index is 12.8. The van der Waals surface area contributed by atoms with Gasteiger partial charge in [0.15, 0.2) is 0 Å². The third-order valence-corrected chi connectivity index (χ3v) is 5.40. The SMILES string of the molecule is CNC(=O)c1cc(Nc2ccc3c(c2)n(CC[C@H](C)n2cccn2)c(=O)n3C)ccn1. The zero-order valence-electron chi connectivity index (χ0n) is 17.7. The monoisotopic (exact) mass is 419 g/mol. The van der Waals surface area contributed by atoms with E-state index in [9.17, 15) is 9.59 Å². The summed E-state index contributed by atoms with van der Waals surface area (Å²) in [5.74, 6) is -0.248. The Balaban J connectivity index is 1.61. The molecule has 1 atom stereocenters. The molecule has 3 aromatic heterocycles. The van der Waals surface area contributed by atoms with Gasteiger partial charge in [0.05, 0.1) is 17.1 Å². The number of carbonyl (C=O) groups excluding carboxylic acids is 1. The van der Waals surface area contributed by atoms with Gasteiger partial charge in [0.2, 0.25) is 0 Å². The Kier molecular flexibility index (Phi) is 5.57. The molecule has 3 heterocycles. The summed E-state index contributed by atoms with van der Waals surface area (Å²) < 4.78 is 5.35. The number of hydrogen-bond donors (Lipinski definition) is 2. The number of hydrogen-bond acceptors (Lipinski definition) is 5. The molecule has 0 aliphatic carbocycles. The number of carbonyl (C=O) groups is 1. The number of nitrogens with one attached hydrogen (secondary N) is 2. The number of anilines is 2. The zero-order valence-corrected chi connectivity index (χ0v) is 17.7. The van der Waals surface area contributed by atoms with Gasteiger partial charge in [-0.25, -0.2) is 4.79 Å². The predicted molar refractivity (Wildman–Crippen MR) is 120 cm³/mol. The summed E-state index contributed by atoms with van der Waals surface area (Å²) in [6.45, 7) is 2.67. The quantitative estimate of drug-likeness (QED) is 0.480. The average Bonchev–Trinajstić information content (AvgIpc) is 3.40. The van der Waals surface area contributed by atoms with Crippen molar-refractivity contribution < 1.29 is 4.79 Å². The number of nitrogens with zero attached hydrogens (tertiary/aromatic N) is 5. The first-order chi connectivity index (χ1) is 15.0. The van der Waals surface area contributed by atoms with Crippen LogP contribution in [0.1, 0.15) is 29.9 Å². The van der Waals surface area contributed by atoms with E-state index >= 15 is 0 Å². The molecule has 9 heteroatoms. The third kappa shape index (κ3) is 4.07. The van der Waals surface area contributed by atoms with Crippen LogP contribution in [-0.4, -0.2) is 36.9 Å². The van der Waals surface area contributed by atoms with Crippen LogP contribution in [-0.2, 0) is 13.6 Å². The largest absolute Gasteiger partial charge is 0.355 e. The summed E-state index contributed by atoms with van der Waals surface area (Å²) in [5.41, 5.74) is 3.56. The normalized spacial score (nSPS) is 12.1. The van der Waals surface area contributed by atoms with Crippen molar-refractivity contribution in [2.45, 2.75) is 25.9 Å². The van der Waals surface area contributed by atoms with Crippen LogP contribution < -0.4 is 16.3 Å². The molecule has 160 valence electrons. The summed E-state index contributed by atoms with van der Waals surface area (Å²) in [7, 11) is 3.35. The molecule has 4 aromatic rings. The topological polar surface area (TPSA) is 98.8 Å². The molecule has 0 fully saturated rings. The minimum absolute atomic E-state index is 0.0503. The van der Waals surface area contributed by atoms with Gasteiger partial charge in [-0.05, 0) is 49.7 Å². The van der Waals surface area contributed by atoms with Gasteiger partial charge in [0.1, 0.15) is 5.69 Å². The molecule has 0 unspecified atom stereocenters. The first-order valence-corrected chi connectivity index (χ1v) is 10.1. The lowest BCUT2D eigenvalue weighted by Crippen LogP contribution is -2.23. The predicted octanol–water partition coefficient (Wildman–Crippen LogP) is 2.69. The first-order valence-electron chi connectivity index (χ1n) is 10.1. The maximum atomic E-state index is 12.8. The summed E-state index contributed by atoms with van der Waals surface area (Å²) in [5, 5.41) is 10.2. The van der Waals surface area contributed by atoms with E-state index in [4.69, 9.17) is 0 Å². The van der Waals surface area contributed by atoms with Gasteiger partial charge in [-0.2, -0.15) is 5.10 Å². The molecule has 1 aromatic carbocycles. The van der Waals surface area contributed by atoms with Crippen molar-refractivity contribution >= 4 is 28.3 Å². The van der Waals surface area contributed by atoms with Crippen LogP contribution in [0.3, 0.4) is 0 Å². The van der Waals surface area contributed by atoms with Crippen LogP contribution in [0.25, 0.3) is 11.0 Å². The smallest absolute Gasteiger partial charge is 0.328 e. The molecular formula is C22H25N7O2. The number of imidazole rings is 1. The minimum atomic E-state index is -0.248. The van der Waals surface area contributed by atoms with Crippen LogP contribution in [0.4, 0.5) is 11.4 Å². The second-order valence-electron chi connectivity index (χ2n) is 7.45. The summed E-state index contributed by atoms with van der Waals surface area (Å²) in [4.78, 5) is 28.8. The van der Waals surface area contributed by atoms with E-state index in [0.717, 1.165) is 28.8 Å². The number of amides is 1. The summed E-state index contributed by atoms with van der Waals surface area (Å²) in [6, 6.07) is 11.3. The molecule has 0 aliphatic heterocycles. The lowest BCUT2D eigenvalue weighted by molar-refractivity contribution is 0.0958. The molecule has 0 saturated heterocycles. The van der Waals surface area contributed by atoms with Gasteiger partial charge in [-0.1, -0.05) is 0 Å². The molecule has 0 saturated carbocycles. The van der Waals surface area contributed by atoms with Crippen LogP contribution in [0, 0.1) is 0 Å². The van der Waals surface area contributed by atoms with E-state index in [0.29, 0.717) is 12.2 Å². The Morgan fingerprint density at radius 3 is 2.68 bits per heavy atom. The molecule has 0 bridgehead atoms. The molecule has 31 heavy (non-hydrogen) atoms. The minimum Gasteiger partial charge on any atom is -0.355 e. The van der Waals surface area contributed by atoms with Gasteiger partial charge in [0.25, 0.3) is 5.91 Å². The van der Waals surface area contributed by atoms with E-state index in [-0.39, 0.29) is 17.6 Å². The zero-order chi connectivity index (χ0) is 22.0. The second-order valence-corrected chi connectivity index (χ2v) is 7.45. The highest BCUT2D eigenvalue weighted by atomic mass is 16.2. The fourth-order valence-corrected chi connectivity index (χ4v) is 3.62. The molecule has 2 N–H and O–H groups in total. The van der Waals surface area contributed by atoms with Crippen LogP contribution in [0.15, 0.2) is 59.8 Å². The van der Waals surface area contributed by atoms with Gasteiger partial charge in [0, 0.05) is 50.6 Å². The van der Waals surface area contributed by atoms with Crippen molar-refractivity contribution in [2.24, 2.45) is 7.05 Å². The number of benzene rings is 1. The summed E-state index contributed by atoms with van der Waals surface area (Å²) >= 11 is 0. The highest BCUT2D eigenvalue weighted by molar-refractivity contribution is 5.93. The van der Waals surface area contributed by atoms with E-state index in [1.54, 1.807) is 47.8 Å². The fourth-order valence-electron chi connectivity index (χ4n) is 3.62. The molecule has 0 radical (unpaired) electrons. The third-order valence-electron chi connectivity index (χ3n) is 5.40. The van der Waals surface area contributed by atoms with Crippen molar-refractivity contribution in [3.63, 3.8) is 0 Å². The number of pyridine rings is 1. The van der Waals surface area contributed by atoms with E-state index in [1.807, 2.05) is 35.1 Å². The van der Waals surface area contributed by atoms with Crippen molar-refractivity contribution in [1.82, 2.24) is 29.2 Å². The van der Waals surface area contributed by atoms with Crippen LogP contribution in [0.2, 0.25) is 0 Å². The Hall–Kier alpha value is -3.88. The standard InChI is InChI=1S/C22H25N7O2/c1-15(29-11-4-9-25-29)8-12-28-20-14-16(5-6-19(20)27(3)22(28)31)26-17-7-10-24-18(13-17)21(30)23-2/h4-7,9-11,13-15H,8,12H2,1-3H3,(H,23,30)(H,24,26)/t15-/m0/s1. The maximum Gasteiger partial charge on any atom is 0.328 e. The number of rotatable bonds is 7. The van der Waals surface area contributed by atoms with E-state index < -0.39 is 0 Å². The molecule has 1 amide bonds. The van der Waals surface area contributed by atoms with Gasteiger partial charge < -0.3 is 10.6 Å². The van der Waals surface area contributed by atoms with Crippen molar-refractivity contribution in [3.05, 3.63) is 71.2 Å².